The Morgan fingerprint density at radius 1 is 1.12 bits per heavy atom. The molecule has 0 fully saturated rings. The van der Waals surface area contributed by atoms with Gasteiger partial charge in [0, 0.05) is 18.6 Å². The molecule has 0 radical (unpaired) electrons. The Morgan fingerprint density at radius 3 is 2.65 bits per heavy atom. The molecule has 4 heteroatoms. The second-order valence-corrected chi connectivity index (χ2v) is 4.37. The topological polar surface area (TPSA) is 24.9 Å². The Hall–Kier alpha value is -1.25. The molecule has 0 saturated heterocycles. The molecule has 0 amide bonds. The standard InChI is InChI=1S/C13H12Cl2N2/c14-7-10-2-1-3-11(6-10)8-16-13-5-4-12(15)9-17-13/h1-6,9H,7-8H2,(H,16,17). The molecular weight excluding hydrogens is 255 g/mol. The van der Waals surface area contributed by atoms with Gasteiger partial charge in [0.15, 0.2) is 0 Å². The Kier molecular flexibility index (Phi) is 4.24. The number of hydrogen-bond acceptors (Lipinski definition) is 2. The molecule has 88 valence electrons. The number of anilines is 1. The van der Waals surface area contributed by atoms with Crippen LogP contribution in [0.25, 0.3) is 0 Å². The third kappa shape index (κ3) is 3.62. The van der Waals surface area contributed by atoms with Gasteiger partial charge < -0.3 is 5.32 Å². The molecule has 0 unspecified atom stereocenters. The molecule has 0 aliphatic rings. The zero-order chi connectivity index (χ0) is 12.1. The van der Waals surface area contributed by atoms with E-state index in [1.165, 1.54) is 5.56 Å². The maximum atomic E-state index is 5.79. The summed E-state index contributed by atoms with van der Waals surface area (Å²) in [5.41, 5.74) is 2.30. The van der Waals surface area contributed by atoms with Crippen molar-refractivity contribution in [3.05, 3.63) is 58.7 Å². The Balaban J connectivity index is 1.99. The summed E-state index contributed by atoms with van der Waals surface area (Å²) in [5.74, 6) is 1.35. The van der Waals surface area contributed by atoms with Crippen molar-refractivity contribution in [2.24, 2.45) is 0 Å². The lowest BCUT2D eigenvalue weighted by Gasteiger charge is -2.06. The van der Waals surface area contributed by atoms with E-state index in [1.807, 2.05) is 24.3 Å². The lowest BCUT2D eigenvalue weighted by Crippen LogP contribution is -2.01. The molecule has 0 bridgehead atoms. The molecule has 2 aromatic rings. The summed E-state index contributed by atoms with van der Waals surface area (Å²) >= 11 is 11.5. The predicted octanol–water partition coefficient (Wildman–Crippen LogP) is 4.09. The number of aromatic nitrogens is 1. The van der Waals surface area contributed by atoms with Crippen LogP contribution < -0.4 is 5.32 Å². The first-order chi connectivity index (χ1) is 8.28. The summed E-state index contributed by atoms with van der Waals surface area (Å²) in [6.45, 7) is 0.722. The first-order valence-corrected chi connectivity index (χ1v) is 6.18. The highest BCUT2D eigenvalue weighted by molar-refractivity contribution is 6.30. The molecule has 17 heavy (non-hydrogen) atoms. The van der Waals surface area contributed by atoms with Crippen LogP contribution >= 0.6 is 23.2 Å². The number of hydrogen-bond donors (Lipinski definition) is 1. The van der Waals surface area contributed by atoms with Crippen LogP contribution in [0.1, 0.15) is 11.1 Å². The van der Waals surface area contributed by atoms with Crippen molar-refractivity contribution in [2.75, 3.05) is 5.32 Å². The molecule has 1 aromatic carbocycles. The maximum Gasteiger partial charge on any atom is 0.126 e. The summed E-state index contributed by atoms with van der Waals surface area (Å²) in [5, 5.41) is 3.87. The van der Waals surface area contributed by atoms with Gasteiger partial charge in [-0.2, -0.15) is 0 Å². The van der Waals surface area contributed by atoms with E-state index >= 15 is 0 Å². The molecule has 2 rings (SSSR count). The smallest absolute Gasteiger partial charge is 0.126 e. The number of pyridine rings is 1. The van der Waals surface area contributed by atoms with Crippen LogP contribution in [0.15, 0.2) is 42.6 Å². The molecule has 2 nitrogen and oxygen atoms in total. The Labute approximate surface area is 111 Å². The van der Waals surface area contributed by atoms with E-state index in [9.17, 15) is 0 Å². The van der Waals surface area contributed by atoms with Crippen LogP contribution in [-0.2, 0) is 12.4 Å². The minimum atomic E-state index is 0.535. The van der Waals surface area contributed by atoms with Gasteiger partial charge in [-0.1, -0.05) is 35.9 Å². The normalized spacial score (nSPS) is 10.2. The van der Waals surface area contributed by atoms with Gasteiger partial charge in [-0.25, -0.2) is 4.98 Å². The van der Waals surface area contributed by atoms with E-state index in [0.29, 0.717) is 10.9 Å². The van der Waals surface area contributed by atoms with Crippen molar-refractivity contribution in [3.63, 3.8) is 0 Å². The molecule has 0 saturated carbocycles. The molecular formula is C13H12Cl2N2. The van der Waals surface area contributed by atoms with Crippen molar-refractivity contribution >= 4 is 29.0 Å². The van der Waals surface area contributed by atoms with Gasteiger partial charge in [-0.15, -0.1) is 11.6 Å². The van der Waals surface area contributed by atoms with Crippen LogP contribution in [0.2, 0.25) is 5.02 Å². The summed E-state index contributed by atoms with van der Waals surface area (Å²) in [6, 6.07) is 11.8. The fraction of sp³-hybridized carbons (Fsp3) is 0.154. The van der Waals surface area contributed by atoms with Crippen LogP contribution in [0.3, 0.4) is 0 Å². The van der Waals surface area contributed by atoms with Gasteiger partial charge in [0.2, 0.25) is 0 Å². The highest BCUT2D eigenvalue weighted by atomic mass is 35.5. The molecule has 0 atom stereocenters. The van der Waals surface area contributed by atoms with Gasteiger partial charge in [-0.3, -0.25) is 0 Å². The molecule has 1 aromatic heterocycles. The Bertz CT molecular complexity index is 483. The molecule has 1 N–H and O–H groups in total. The van der Waals surface area contributed by atoms with Crippen LogP contribution in [0.4, 0.5) is 5.82 Å². The minimum Gasteiger partial charge on any atom is -0.366 e. The number of alkyl halides is 1. The average Bonchev–Trinajstić information content (AvgIpc) is 2.38. The maximum absolute atomic E-state index is 5.79. The number of nitrogens with zero attached hydrogens (tertiary/aromatic N) is 1. The van der Waals surface area contributed by atoms with Gasteiger partial charge in [0.1, 0.15) is 5.82 Å². The summed E-state index contributed by atoms with van der Waals surface area (Å²) < 4.78 is 0. The van der Waals surface area contributed by atoms with E-state index in [1.54, 1.807) is 6.20 Å². The van der Waals surface area contributed by atoms with E-state index in [2.05, 4.69) is 22.4 Å². The lowest BCUT2D eigenvalue weighted by atomic mass is 10.1. The zero-order valence-electron chi connectivity index (χ0n) is 9.16. The van der Waals surface area contributed by atoms with E-state index in [-0.39, 0.29) is 0 Å². The SMILES string of the molecule is ClCc1cccc(CNc2ccc(Cl)cn2)c1. The van der Waals surface area contributed by atoms with Crippen molar-refractivity contribution in [2.45, 2.75) is 12.4 Å². The zero-order valence-corrected chi connectivity index (χ0v) is 10.7. The number of benzene rings is 1. The molecule has 0 spiro atoms. The van der Waals surface area contributed by atoms with Crippen LogP contribution in [-0.4, -0.2) is 4.98 Å². The van der Waals surface area contributed by atoms with Crippen LogP contribution in [0, 0.1) is 0 Å². The van der Waals surface area contributed by atoms with Crippen molar-refractivity contribution in [1.29, 1.82) is 0 Å². The first kappa shape index (κ1) is 12.2. The van der Waals surface area contributed by atoms with Gasteiger partial charge in [0.05, 0.1) is 5.02 Å². The fourth-order valence-electron chi connectivity index (χ4n) is 1.50. The molecule has 0 aliphatic heterocycles. The summed E-state index contributed by atoms with van der Waals surface area (Å²) in [7, 11) is 0. The highest BCUT2D eigenvalue weighted by Crippen LogP contribution is 2.12. The third-order valence-corrected chi connectivity index (χ3v) is 2.88. The van der Waals surface area contributed by atoms with Crippen molar-refractivity contribution in [1.82, 2.24) is 4.98 Å². The fourth-order valence-corrected chi connectivity index (χ4v) is 1.77. The largest absolute Gasteiger partial charge is 0.366 e. The number of halogens is 2. The van der Waals surface area contributed by atoms with E-state index in [0.717, 1.165) is 17.9 Å². The minimum absolute atomic E-state index is 0.535. The quantitative estimate of drug-likeness (QED) is 0.844. The number of rotatable bonds is 4. The summed E-state index contributed by atoms with van der Waals surface area (Å²) in [4.78, 5) is 4.17. The lowest BCUT2D eigenvalue weighted by molar-refractivity contribution is 1.10. The monoisotopic (exact) mass is 266 g/mol. The van der Waals surface area contributed by atoms with E-state index in [4.69, 9.17) is 23.2 Å². The molecule has 0 aliphatic carbocycles. The first-order valence-electron chi connectivity index (χ1n) is 5.27. The van der Waals surface area contributed by atoms with Crippen molar-refractivity contribution in [3.8, 4) is 0 Å². The predicted molar refractivity (Wildman–Crippen MR) is 72.6 cm³/mol. The molecule has 1 heterocycles. The Morgan fingerprint density at radius 2 is 1.94 bits per heavy atom. The van der Waals surface area contributed by atoms with E-state index < -0.39 is 0 Å². The second kappa shape index (κ2) is 5.89. The van der Waals surface area contributed by atoms with Gasteiger partial charge >= 0.3 is 0 Å². The summed E-state index contributed by atoms with van der Waals surface area (Å²) in [6.07, 6.45) is 1.62. The third-order valence-electron chi connectivity index (χ3n) is 2.35. The van der Waals surface area contributed by atoms with Crippen molar-refractivity contribution < 1.29 is 0 Å². The number of nitrogens with one attached hydrogen (secondary N) is 1. The highest BCUT2D eigenvalue weighted by Gasteiger charge is 1.97. The van der Waals surface area contributed by atoms with Crippen LogP contribution in [0.5, 0.6) is 0 Å². The second-order valence-electron chi connectivity index (χ2n) is 3.67. The van der Waals surface area contributed by atoms with Gasteiger partial charge in [-0.05, 0) is 23.3 Å². The van der Waals surface area contributed by atoms with Gasteiger partial charge in [0.25, 0.3) is 0 Å². The average molecular weight is 267 g/mol.